The fourth-order valence-corrected chi connectivity index (χ4v) is 5.20. The number of hydrogen-bond acceptors (Lipinski definition) is 10. The van der Waals surface area contributed by atoms with E-state index in [1.54, 1.807) is 26.0 Å². The third-order valence-corrected chi connectivity index (χ3v) is 7.55. The highest BCUT2D eigenvalue weighted by atomic mass is 16.6. The van der Waals surface area contributed by atoms with Crippen LogP contribution in [0.15, 0.2) is 24.3 Å². The van der Waals surface area contributed by atoms with Gasteiger partial charge >= 0.3 is 12.1 Å². The van der Waals surface area contributed by atoms with Crippen molar-refractivity contribution in [3.63, 3.8) is 0 Å². The zero-order valence-corrected chi connectivity index (χ0v) is 25.8. The molecule has 0 bridgehead atoms. The van der Waals surface area contributed by atoms with Gasteiger partial charge in [-0.05, 0) is 51.3 Å². The Hall–Kier alpha value is -4.75. The van der Waals surface area contributed by atoms with E-state index in [0.717, 1.165) is 10.5 Å². The molecule has 3 heterocycles. The lowest BCUT2D eigenvalue weighted by molar-refractivity contribution is -0.144. The summed E-state index contributed by atoms with van der Waals surface area (Å²) in [5.41, 5.74) is 1.25. The van der Waals surface area contributed by atoms with Crippen LogP contribution in [-0.2, 0) is 28.7 Å². The van der Waals surface area contributed by atoms with Gasteiger partial charge in [-0.3, -0.25) is 28.9 Å². The second kappa shape index (κ2) is 15.3. The van der Waals surface area contributed by atoms with E-state index in [-0.39, 0.29) is 69.6 Å². The predicted molar refractivity (Wildman–Crippen MR) is 160 cm³/mol. The summed E-state index contributed by atoms with van der Waals surface area (Å²) in [6.45, 7) is 6.57. The van der Waals surface area contributed by atoms with Crippen molar-refractivity contribution in [3.05, 3.63) is 35.5 Å². The summed E-state index contributed by atoms with van der Waals surface area (Å²) in [6, 6.07) is 5.67. The van der Waals surface area contributed by atoms with Crippen molar-refractivity contribution in [1.82, 2.24) is 25.0 Å². The van der Waals surface area contributed by atoms with Crippen molar-refractivity contribution >= 4 is 46.6 Å². The number of rotatable bonds is 11. The van der Waals surface area contributed by atoms with Gasteiger partial charge in [0.15, 0.2) is 6.61 Å². The Morgan fingerprint density at radius 3 is 2.33 bits per heavy atom. The van der Waals surface area contributed by atoms with Gasteiger partial charge in [-0.15, -0.1) is 0 Å². The molecule has 242 valence electrons. The van der Waals surface area contributed by atoms with E-state index in [2.05, 4.69) is 10.3 Å². The number of ether oxygens (including phenoxy) is 3. The second-order valence-electron chi connectivity index (χ2n) is 10.7. The van der Waals surface area contributed by atoms with Crippen LogP contribution in [0.25, 0.3) is 10.9 Å². The Morgan fingerprint density at radius 2 is 1.67 bits per heavy atom. The zero-order valence-electron chi connectivity index (χ0n) is 25.8. The summed E-state index contributed by atoms with van der Waals surface area (Å²) in [6.07, 6.45) is 0.328. The molecule has 14 nitrogen and oxygen atoms in total. The monoisotopic (exact) mass is 625 g/mol. The molecule has 45 heavy (non-hydrogen) atoms. The highest BCUT2D eigenvalue weighted by Crippen LogP contribution is 2.27. The van der Waals surface area contributed by atoms with E-state index < -0.39 is 42.4 Å². The first kappa shape index (κ1) is 33.1. The van der Waals surface area contributed by atoms with Gasteiger partial charge in [-0.1, -0.05) is 6.07 Å². The van der Waals surface area contributed by atoms with Gasteiger partial charge in [0.05, 0.1) is 18.7 Å². The van der Waals surface area contributed by atoms with Crippen LogP contribution >= 0.6 is 0 Å². The van der Waals surface area contributed by atoms with Crippen LogP contribution in [0.4, 0.5) is 4.79 Å². The minimum Gasteiger partial charge on any atom is -0.483 e. The minimum absolute atomic E-state index is 0.0179. The number of piperazine rings is 1. The van der Waals surface area contributed by atoms with E-state index in [0.29, 0.717) is 30.3 Å². The van der Waals surface area contributed by atoms with Crippen LogP contribution in [0, 0.1) is 6.92 Å². The molecular weight excluding hydrogens is 586 g/mol. The number of pyridine rings is 1. The molecule has 0 aliphatic carbocycles. The predicted octanol–water partition coefficient (Wildman–Crippen LogP) is 1.81. The molecule has 4 rings (SSSR count). The summed E-state index contributed by atoms with van der Waals surface area (Å²) >= 11 is 0. The van der Waals surface area contributed by atoms with Crippen LogP contribution in [0.3, 0.4) is 0 Å². The van der Waals surface area contributed by atoms with Gasteiger partial charge in [0.1, 0.15) is 17.5 Å². The van der Waals surface area contributed by atoms with E-state index >= 15 is 0 Å². The van der Waals surface area contributed by atoms with Gasteiger partial charge in [-0.25, -0.2) is 9.78 Å². The molecule has 1 aromatic carbocycles. The van der Waals surface area contributed by atoms with Gasteiger partial charge in [-0.2, -0.15) is 0 Å². The molecule has 0 saturated carbocycles. The van der Waals surface area contributed by atoms with Gasteiger partial charge < -0.3 is 29.3 Å². The summed E-state index contributed by atoms with van der Waals surface area (Å²) in [5.74, 6) is -2.11. The highest BCUT2D eigenvalue weighted by Gasteiger charge is 2.32. The van der Waals surface area contributed by atoms with E-state index in [4.69, 9.17) is 14.2 Å². The first-order chi connectivity index (χ1) is 21.6. The first-order valence-electron chi connectivity index (χ1n) is 15.2. The molecule has 0 radical (unpaired) electrons. The van der Waals surface area contributed by atoms with E-state index in [9.17, 15) is 28.8 Å². The number of carbonyl (C=O) groups excluding carboxylic acids is 6. The second-order valence-corrected chi connectivity index (χ2v) is 10.7. The van der Waals surface area contributed by atoms with Gasteiger partial charge in [0, 0.05) is 57.0 Å². The summed E-state index contributed by atoms with van der Waals surface area (Å²) < 4.78 is 15.9. The van der Waals surface area contributed by atoms with E-state index in [1.807, 2.05) is 13.0 Å². The molecule has 1 atom stereocenters. The molecule has 0 unspecified atom stereocenters. The zero-order chi connectivity index (χ0) is 32.5. The molecule has 5 amide bonds. The number of carbonyl (C=O) groups is 6. The quantitative estimate of drug-likeness (QED) is 0.364. The Kier molecular flexibility index (Phi) is 11.3. The molecule has 0 spiro atoms. The number of esters is 1. The summed E-state index contributed by atoms with van der Waals surface area (Å²) in [5, 5.41) is 3.29. The van der Waals surface area contributed by atoms with Crippen molar-refractivity contribution in [2.75, 3.05) is 52.5 Å². The first-order valence-corrected chi connectivity index (χ1v) is 15.2. The molecule has 1 N–H and O–H groups in total. The Balaban J connectivity index is 1.53. The SMILES string of the molecule is CCOC(=O)CC[C@H](NC(=O)c1cc(OCC(=O)N2CCCC2=O)c2ccc(C)cc2n1)C(=O)N1CCN(C(=O)OCC)CC1. The minimum atomic E-state index is -1.09. The van der Waals surface area contributed by atoms with Gasteiger partial charge in [0.25, 0.3) is 11.8 Å². The average Bonchev–Trinajstić information content (AvgIpc) is 3.47. The van der Waals surface area contributed by atoms with Crippen molar-refractivity contribution in [2.24, 2.45) is 0 Å². The fraction of sp³-hybridized carbons (Fsp3) is 0.516. The molecule has 2 aliphatic heterocycles. The number of aromatic nitrogens is 1. The largest absolute Gasteiger partial charge is 0.483 e. The highest BCUT2D eigenvalue weighted by molar-refractivity contribution is 6.00. The van der Waals surface area contributed by atoms with Gasteiger partial charge in [0.2, 0.25) is 11.8 Å². The average molecular weight is 626 g/mol. The van der Waals surface area contributed by atoms with Crippen molar-refractivity contribution in [2.45, 2.75) is 52.5 Å². The maximum absolute atomic E-state index is 13.6. The Morgan fingerprint density at radius 1 is 0.956 bits per heavy atom. The lowest BCUT2D eigenvalue weighted by Gasteiger charge is -2.36. The standard InChI is InChI=1S/C31H39N5O9/c1-4-43-28(39)11-10-22(30(41)34-13-15-35(16-14-34)31(42)44-5-2)33-29(40)24-18-25(21-9-8-20(3)17-23(21)32-24)45-19-27(38)36-12-6-7-26(36)37/h8-9,17-18,22H,4-7,10-16,19H2,1-3H3,(H,33,40)/t22-/m0/s1. The maximum Gasteiger partial charge on any atom is 0.409 e. The molecule has 2 saturated heterocycles. The molecule has 2 aromatic rings. The molecule has 2 aliphatic rings. The lowest BCUT2D eigenvalue weighted by atomic mass is 10.1. The van der Waals surface area contributed by atoms with Crippen LogP contribution in [0.5, 0.6) is 5.75 Å². The lowest BCUT2D eigenvalue weighted by Crippen LogP contribution is -2.56. The number of benzene rings is 1. The molecule has 14 heteroatoms. The van der Waals surface area contributed by atoms with Crippen molar-refractivity contribution in [3.8, 4) is 5.75 Å². The summed E-state index contributed by atoms with van der Waals surface area (Å²) in [7, 11) is 0. The van der Waals surface area contributed by atoms with Crippen molar-refractivity contribution < 1.29 is 43.0 Å². The van der Waals surface area contributed by atoms with Crippen LogP contribution in [0.2, 0.25) is 0 Å². The van der Waals surface area contributed by atoms with Crippen molar-refractivity contribution in [1.29, 1.82) is 0 Å². The number of imide groups is 1. The number of hydrogen-bond donors (Lipinski definition) is 1. The van der Waals surface area contributed by atoms with E-state index in [1.165, 1.54) is 15.9 Å². The van der Waals surface area contributed by atoms with Crippen LogP contribution in [0.1, 0.15) is 55.6 Å². The number of nitrogens with one attached hydrogen (secondary N) is 1. The third kappa shape index (κ3) is 8.46. The number of aryl methyl sites for hydroxylation is 1. The number of amides is 5. The Labute approximate surface area is 260 Å². The third-order valence-electron chi connectivity index (χ3n) is 7.55. The number of nitrogens with zero attached hydrogens (tertiary/aromatic N) is 4. The topological polar surface area (TPSA) is 165 Å². The molecular formula is C31H39N5O9. The summed E-state index contributed by atoms with van der Waals surface area (Å²) in [4.78, 5) is 84.8. The normalized spacial score (nSPS) is 15.5. The molecule has 1 aromatic heterocycles. The number of fused-ring (bicyclic) bond motifs is 1. The smallest absolute Gasteiger partial charge is 0.409 e. The Bertz CT molecular complexity index is 1450. The van der Waals surface area contributed by atoms with Crippen LogP contribution in [-0.4, -0.2) is 114 Å². The molecule has 2 fully saturated rings. The maximum atomic E-state index is 13.6. The number of likely N-dealkylation sites (tertiary alicyclic amines) is 1. The van der Waals surface area contributed by atoms with Crippen LogP contribution < -0.4 is 10.1 Å². The fourth-order valence-electron chi connectivity index (χ4n) is 5.20.